The second-order valence-corrected chi connectivity index (χ2v) is 5.79. The first-order chi connectivity index (χ1) is 8.81. The summed E-state index contributed by atoms with van der Waals surface area (Å²) in [5, 5.41) is 0.936. The number of methoxy groups -OCH3 is 1. The van der Waals surface area contributed by atoms with Crippen LogP contribution in [0.5, 0.6) is 5.75 Å². The zero-order valence-electron chi connectivity index (χ0n) is 10.5. The van der Waals surface area contributed by atoms with Gasteiger partial charge in [0.1, 0.15) is 5.75 Å². The van der Waals surface area contributed by atoms with Crippen LogP contribution in [0.25, 0.3) is 11.1 Å². The van der Waals surface area contributed by atoms with Crippen molar-refractivity contribution in [3.63, 3.8) is 0 Å². The first-order valence-corrected chi connectivity index (χ1v) is 7.16. The van der Waals surface area contributed by atoms with Crippen molar-refractivity contribution in [3.05, 3.63) is 34.7 Å². The Bertz CT molecular complexity index is 574. The Hall–Kier alpha value is -1.48. The number of nitrogen functional groups attached to an aromatic ring is 1. The number of aryl methyl sites for hydroxylation is 1. The molecule has 0 bridgehead atoms. The third-order valence-corrected chi connectivity index (χ3v) is 4.70. The zero-order valence-corrected chi connectivity index (χ0v) is 11.3. The number of ether oxygens (including phenoxy) is 1. The van der Waals surface area contributed by atoms with Crippen LogP contribution in [0, 0.1) is 0 Å². The summed E-state index contributed by atoms with van der Waals surface area (Å²) in [6.07, 6.45) is 4.89. The van der Waals surface area contributed by atoms with E-state index in [9.17, 15) is 0 Å². The molecule has 0 saturated carbocycles. The SMILES string of the molecule is COc1ccccc1-c1c(N)sc2c1CCCC2. The lowest BCUT2D eigenvalue weighted by Crippen LogP contribution is -2.00. The van der Waals surface area contributed by atoms with Crippen LogP contribution in [0.4, 0.5) is 5.00 Å². The van der Waals surface area contributed by atoms with Crippen molar-refractivity contribution in [1.82, 2.24) is 0 Å². The number of para-hydroxylation sites is 1. The molecule has 0 fully saturated rings. The number of hydrogen-bond donors (Lipinski definition) is 1. The molecular formula is C15H17NOS. The first-order valence-electron chi connectivity index (χ1n) is 6.34. The predicted molar refractivity (Wildman–Crippen MR) is 77.4 cm³/mol. The molecule has 2 aromatic rings. The Morgan fingerprint density at radius 2 is 1.94 bits per heavy atom. The van der Waals surface area contributed by atoms with Crippen molar-refractivity contribution in [1.29, 1.82) is 0 Å². The van der Waals surface area contributed by atoms with Crippen LogP contribution in [0.1, 0.15) is 23.3 Å². The molecule has 94 valence electrons. The minimum Gasteiger partial charge on any atom is -0.496 e. The third-order valence-electron chi connectivity index (χ3n) is 3.57. The number of hydrogen-bond acceptors (Lipinski definition) is 3. The second-order valence-electron chi connectivity index (χ2n) is 4.65. The van der Waals surface area contributed by atoms with Crippen molar-refractivity contribution in [3.8, 4) is 16.9 Å². The molecule has 3 rings (SSSR count). The van der Waals surface area contributed by atoms with E-state index in [0.29, 0.717) is 0 Å². The molecule has 0 saturated heterocycles. The summed E-state index contributed by atoms with van der Waals surface area (Å²) in [5.41, 5.74) is 10.0. The minimum absolute atomic E-state index is 0.912. The molecule has 0 aliphatic heterocycles. The fourth-order valence-electron chi connectivity index (χ4n) is 2.73. The molecule has 1 aromatic carbocycles. The van der Waals surface area contributed by atoms with Crippen LogP contribution in [-0.4, -0.2) is 7.11 Å². The van der Waals surface area contributed by atoms with Crippen molar-refractivity contribution >= 4 is 16.3 Å². The largest absolute Gasteiger partial charge is 0.496 e. The maximum absolute atomic E-state index is 6.24. The minimum atomic E-state index is 0.912. The highest BCUT2D eigenvalue weighted by atomic mass is 32.1. The molecule has 0 spiro atoms. The Morgan fingerprint density at radius 3 is 2.78 bits per heavy atom. The Kier molecular flexibility index (Phi) is 3.00. The summed E-state index contributed by atoms with van der Waals surface area (Å²) < 4.78 is 5.46. The van der Waals surface area contributed by atoms with Gasteiger partial charge in [0.2, 0.25) is 0 Å². The van der Waals surface area contributed by atoms with Crippen molar-refractivity contribution < 1.29 is 4.74 Å². The third kappa shape index (κ3) is 1.79. The van der Waals surface area contributed by atoms with Gasteiger partial charge in [-0.25, -0.2) is 0 Å². The monoisotopic (exact) mass is 259 g/mol. The van der Waals surface area contributed by atoms with Gasteiger partial charge < -0.3 is 10.5 Å². The van der Waals surface area contributed by atoms with Crippen LogP contribution >= 0.6 is 11.3 Å². The van der Waals surface area contributed by atoms with Gasteiger partial charge in [-0.2, -0.15) is 0 Å². The molecule has 1 heterocycles. The number of nitrogens with two attached hydrogens (primary N) is 1. The van der Waals surface area contributed by atoms with Crippen LogP contribution in [0.2, 0.25) is 0 Å². The van der Waals surface area contributed by atoms with Crippen LogP contribution in [0.15, 0.2) is 24.3 Å². The van der Waals surface area contributed by atoms with Gasteiger partial charge in [-0.3, -0.25) is 0 Å². The number of fused-ring (bicyclic) bond motifs is 1. The molecule has 2 N–H and O–H groups in total. The summed E-state index contributed by atoms with van der Waals surface area (Å²) in [6.45, 7) is 0. The highest BCUT2D eigenvalue weighted by Crippen LogP contribution is 2.45. The Morgan fingerprint density at radius 1 is 1.17 bits per heavy atom. The fraction of sp³-hybridized carbons (Fsp3) is 0.333. The quantitative estimate of drug-likeness (QED) is 0.888. The van der Waals surface area contributed by atoms with E-state index >= 15 is 0 Å². The molecule has 3 heteroatoms. The molecule has 2 nitrogen and oxygen atoms in total. The molecule has 0 unspecified atom stereocenters. The summed E-state index contributed by atoms with van der Waals surface area (Å²) in [4.78, 5) is 1.47. The summed E-state index contributed by atoms with van der Waals surface area (Å²) in [5.74, 6) is 0.912. The normalized spacial score (nSPS) is 14.3. The van der Waals surface area contributed by atoms with E-state index in [1.807, 2.05) is 18.2 Å². The smallest absolute Gasteiger partial charge is 0.126 e. The maximum atomic E-state index is 6.24. The summed E-state index contributed by atoms with van der Waals surface area (Å²) >= 11 is 1.75. The molecule has 1 aliphatic carbocycles. The lowest BCUT2D eigenvalue weighted by atomic mass is 9.92. The first kappa shape index (κ1) is 11.6. The summed E-state index contributed by atoms with van der Waals surface area (Å²) in [6, 6.07) is 8.15. The van der Waals surface area contributed by atoms with E-state index in [0.717, 1.165) is 22.7 Å². The standard InChI is InChI=1S/C15H17NOS/c1-17-12-8-4-2-6-10(12)14-11-7-3-5-9-13(11)18-15(14)16/h2,4,6,8H,3,5,7,9,16H2,1H3. The van der Waals surface area contributed by atoms with Gasteiger partial charge in [-0.1, -0.05) is 18.2 Å². The predicted octanol–water partition coefficient (Wildman–Crippen LogP) is 3.88. The fourth-order valence-corrected chi connectivity index (χ4v) is 3.91. The highest BCUT2D eigenvalue weighted by molar-refractivity contribution is 7.16. The average Bonchev–Trinajstić information content (AvgIpc) is 2.74. The molecule has 18 heavy (non-hydrogen) atoms. The molecular weight excluding hydrogens is 242 g/mol. The molecule has 0 radical (unpaired) electrons. The molecule has 1 aliphatic rings. The van der Waals surface area contributed by atoms with Gasteiger partial charge in [0.05, 0.1) is 12.1 Å². The van der Waals surface area contributed by atoms with Crippen molar-refractivity contribution in [2.75, 3.05) is 12.8 Å². The highest BCUT2D eigenvalue weighted by Gasteiger charge is 2.22. The van der Waals surface area contributed by atoms with E-state index < -0.39 is 0 Å². The Labute approximate surface area is 111 Å². The number of anilines is 1. The maximum Gasteiger partial charge on any atom is 0.126 e. The number of benzene rings is 1. The lowest BCUT2D eigenvalue weighted by Gasteiger charge is -2.14. The molecule has 0 atom stereocenters. The van der Waals surface area contributed by atoms with E-state index in [2.05, 4.69) is 6.07 Å². The Balaban J connectivity index is 2.19. The second kappa shape index (κ2) is 4.65. The lowest BCUT2D eigenvalue weighted by molar-refractivity contribution is 0.416. The van der Waals surface area contributed by atoms with Crippen LogP contribution < -0.4 is 10.5 Å². The molecule has 1 aromatic heterocycles. The van der Waals surface area contributed by atoms with Gasteiger partial charge in [-0.05, 0) is 37.3 Å². The summed E-state index contributed by atoms with van der Waals surface area (Å²) in [7, 11) is 1.72. The zero-order chi connectivity index (χ0) is 12.5. The van der Waals surface area contributed by atoms with Gasteiger partial charge in [0, 0.05) is 16.0 Å². The van der Waals surface area contributed by atoms with E-state index in [4.69, 9.17) is 10.5 Å². The van der Waals surface area contributed by atoms with E-state index in [1.54, 1.807) is 18.4 Å². The van der Waals surface area contributed by atoms with Crippen molar-refractivity contribution in [2.45, 2.75) is 25.7 Å². The van der Waals surface area contributed by atoms with Crippen molar-refractivity contribution in [2.24, 2.45) is 0 Å². The van der Waals surface area contributed by atoms with Gasteiger partial charge >= 0.3 is 0 Å². The van der Waals surface area contributed by atoms with Crippen LogP contribution in [-0.2, 0) is 12.8 Å². The van der Waals surface area contributed by atoms with Crippen LogP contribution in [0.3, 0.4) is 0 Å². The molecule has 0 amide bonds. The van der Waals surface area contributed by atoms with Gasteiger partial charge in [0.25, 0.3) is 0 Å². The average molecular weight is 259 g/mol. The van der Waals surface area contributed by atoms with Gasteiger partial charge in [0.15, 0.2) is 0 Å². The van der Waals surface area contributed by atoms with E-state index in [-0.39, 0.29) is 0 Å². The number of thiophene rings is 1. The van der Waals surface area contributed by atoms with Gasteiger partial charge in [-0.15, -0.1) is 11.3 Å². The van der Waals surface area contributed by atoms with E-state index in [1.165, 1.54) is 35.3 Å². The topological polar surface area (TPSA) is 35.2 Å². The number of rotatable bonds is 2.